The highest BCUT2D eigenvalue weighted by Crippen LogP contribution is 2.32. The van der Waals surface area contributed by atoms with E-state index in [1.807, 2.05) is 48.7 Å². The van der Waals surface area contributed by atoms with Gasteiger partial charge in [-0.25, -0.2) is 0 Å². The minimum atomic E-state index is 0.334. The molecule has 0 spiro atoms. The molecule has 0 aliphatic carbocycles. The van der Waals surface area contributed by atoms with Gasteiger partial charge in [-0.3, -0.25) is 9.78 Å². The van der Waals surface area contributed by atoms with E-state index in [0.29, 0.717) is 24.5 Å². The van der Waals surface area contributed by atoms with Crippen molar-refractivity contribution >= 4 is 12.0 Å². The lowest BCUT2D eigenvalue weighted by molar-refractivity contribution is -0.105. The lowest BCUT2D eigenvalue weighted by Crippen LogP contribution is -2.23. The zero-order valence-corrected chi connectivity index (χ0v) is 16.3. The van der Waals surface area contributed by atoms with Crippen molar-refractivity contribution < 1.29 is 9.53 Å². The third kappa shape index (κ3) is 4.11. The van der Waals surface area contributed by atoms with Crippen molar-refractivity contribution in [2.45, 2.75) is 13.5 Å². The van der Waals surface area contributed by atoms with Crippen LogP contribution in [0.1, 0.15) is 11.3 Å². The lowest BCUT2D eigenvalue weighted by Gasteiger charge is -2.27. The molecule has 144 valence electrons. The highest BCUT2D eigenvalue weighted by Gasteiger charge is 2.18. The number of nitrogens with zero attached hydrogens (tertiary/aromatic N) is 2. The Morgan fingerprint density at radius 2 is 1.86 bits per heavy atom. The smallest absolute Gasteiger partial charge is 0.155 e. The van der Waals surface area contributed by atoms with Crippen molar-refractivity contribution in [2.75, 3.05) is 11.4 Å². The van der Waals surface area contributed by atoms with Crippen LogP contribution in [0, 0.1) is 6.92 Å². The van der Waals surface area contributed by atoms with E-state index in [9.17, 15) is 4.79 Å². The second kappa shape index (κ2) is 8.57. The van der Waals surface area contributed by atoms with Gasteiger partial charge in [0.05, 0.1) is 11.3 Å². The molecule has 0 fully saturated rings. The maximum absolute atomic E-state index is 11.7. The third-order valence-electron chi connectivity index (χ3n) is 4.98. The van der Waals surface area contributed by atoms with E-state index >= 15 is 0 Å². The molecular weight excluding hydrogens is 360 g/mol. The van der Waals surface area contributed by atoms with E-state index < -0.39 is 0 Å². The molecule has 1 aromatic heterocycles. The minimum absolute atomic E-state index is 0.334. The topological polar surface area (TPSA) is 42.4 Å². The highest BCUT2D eigenvalue weighted by molar-refractivity contribution is 5.82. The van der Waals surface area contributed by atoms with Crippen LogP contribution >= 0.6 is 0 Å². The summed E-state index contributed by atoms with van der Waals surface area (Å²) in [6.45, 7) is 3.08. The maximum atomic E-state index is 11.7. The molecule has 0 amide bonds. The first-order valence-electron chi connectivity index (χ1n) is 9.58. The minimum Gasteiger partial charge on any atom is -0.487 e. The van der Waals surface area contributed by atoms with E-state index in [0.717, 1.165) is 17.7 Å². The predicted octanol–water partition coefficient (Wildman–Crippen LogP) is 5.06. The Balaban J connectivity index is 1.56. The SMILES string of the molecule is Cc1c(-c2ccccc2)cccc1N1C=C(C=O)C(OCc2ccccn2)=CC1. The number of aldehydes is 1. The molecule has 0 saturated heterocycles. The number of ether oxygens (including phenoxy) is 1. The van der Waals surface area contributed by atoms with Crippen LogP contribution < -0.4 is 4.90 Å². The summed E-state index contributed by atoms with van der Waals surface area (Å²) < 4.78 is 5.85. The van der Waals surface area contributed by atoms with Gasteiger partial charge in [0.1, 0.15) is 12.4 Å². The summed E-state index contributed by atoms with van der Waals surface area (Å²) in [4.78, 5) is 18.0. The fourth-order valence-corrected chi connectivity index (χ4v) is 3.48. The van der Waals surface area contributed by atoms with Crippen molar-refractivity contribution in [1.29, 1.82) is 0 Å². The fourth-order valence-electron chi connectivity index (χ4n) is 3.48. The summed E-state index contributed by atoms with van der Waals surface area (Å²) in [6, 6.07) is 22.3. The Labute approximate surface area is 170 Å². The maximum Gasteiger partial charge on any atom is 0.155 e. The van der Waals surface area contributed by atoms with Gasteiger partial charge in [0.25, 0.3) is 0 Å². The molecule has 1 aliphatic heterocycles. The molecule has 4 nitrogen and oxygen atoms in total. The van der Waals surface area contributed by atoms with Crippen LogP contribution in [0.2, 0.25) is 0 Å². The first-order chi connectivity index (χ1) is 14.3. The van der Waals surface area contributed by atoms with Gasteiger partial charge in [0.15, 0.2) is 6.29 Å². The Hall–Kier alpha value is -3.66. The lowest BCUT2D eigenvalue weighted by atomic mass is 9.98. The molecule has 29 heavy (non-hydrogen) atoms. The molecule has 2 aromatic carbocycles. The molecule has 0 saturated carbocycles. The highest BCUT2D eigenvalue weighted by atomic mass is 16.5. The molecule has 1 aliphatic rings. The molecule has 3 aromatic rings. The van der Waals surface area contributed by atoms with E-state index in [1.54, 1.807) is 6.20 Å². The van der Waals surface area contributed by atoms with E-state index in [2.05, 4.69) is 47.1 Å². The summed E-state index contributed by atoms with van der Waals surface area (Å²) in [5.41, 5.74) is 5.96. The van der Waals surface area contributed by atoms with Crippen molar-refractivity contribution in [3.8, 4) is 11.1 Å². The van der Waals surface area contributed by atoms with E-state index in [-0.39, 0.29) is 0 Å². The second-order valence-corrected chi connectivity index (χ2v) is 6.85. The molecule has 0 radical (unpaired) electrons. The number of rotatable bonds is 6. The molecule has 0 N–H and O–H groups in total. The average Bonchev–Trinajstić information content (AvgIpc) is 2.79. The number of carbonyl (C=O) groups excluding carboxylic acids is 1. The Bertz CT molecular complexity index is 1060. The monoisotopic (exact) mass is 382 g/mol. The van der Waals surface area contributed by atoms with E-state index in [1.165, 1.54) is 16.7 Å². The van der Waals surface area contributed by atoms with Gasteiger partial charge in [-0.15, -0.1) is 0 Å². The summed E-state index contributed by atoms with van der Waals surface area (Å²) in [5, 5.41) is 0. The average molecular weight is 382 g/mol. The molecule has 4 heteroatoms. The van der Waals surface area contributed by atoms with Gasteiger partial charge in [-0.05, 0) is 47.9 Å². The van der Waals surface area contributed by atoms with Crippen molar-refractivity contribution in [1.82, 2.24) is 4.98 Å². The van der Waals surface area contributed by atoms with Crippen molar-refractivity contribution in [3.05, 3.63) is 108 Å². The molecule has 2 heterocycles. The number of hydrogen-bond acceptors (Lipinski definition) is 4. The van der Waals surface area contributed by atoms with Crippen LogP contribution in [-0.4, -0.2) is 17.8 Å². The largest absolute Gasteiger partial charge is 0.487 e. The molecule has 4 rings (SSSR count). The third-order valence-corrected chi connectivity index (χ3v) is 4.98. The Morgan fingerprint density at radius 3 is 2.62 bits per heavy atom. The van der Waals surface area contributed by atoms with Crippen LogP contribution in [-0.2, 0) is 16.1 Å². The van der Waals surface area contributed by atoms with Gasteiger partial charge in [0.2, 0.25) is 0 Å². The van der Waals surface area contributed by atoms with Crippen LogP contribution in [0.5, 0.6) is 0 Å². The Morgan fingerprint density at radius 1 is 1.03 bits per heavy atom. The zero-order chi connectivity index (χ0) is 20.1. The number of aromatic nitrogens is 1. The van der Waals surface area contributed by atoms with Gasteiger partial charge in [-0.2, -0.15) is 0 Å². The number of anilines is 1. The molecular formula is C25H22N2O2. The van der Waals surface area contributed by atoms with Gasteiger partial charge >= 0.3 is 0 Å². The second-order valence-electron chi connectivity index (χ2n) is 6.85. The molecule has 0 atom stereocenters. The number of hydrogen-bond donors (Lipinski definition) is 0. The summed E-state index contributed by atoms with van der Waals surface area (Å²) in [5.74, 6) is 0.596. The first-order valence-corrected chi connectivity index (χ1v) is 9.58. The number of benzene rings is 2. The number of carbonyl (C=O) groups is 1. The van der Waals surface area contributed by atoms with Crippen LogP contribution in [0.25, 0.3) is 11.1 Å². The van der Waals surface area contributed by atoms with E-state index in [4.69, 9.17) is 4.74 Å². The quantitative estimate of drug-likeness (QED) is 0.559. The van der Waals surface area contributed by atoms with Crippen LogP contribution in [0.15, 0.2) is 96.5 Å². The van der Waals surface area contributed by atoms with Gasteiger partial charge in [0, 0.05) is 24.6 Å². The van der Waals surface area contributed by atoms with Crippen molar-refractivity contribution in [3.63, 3.8) is 0 Å². The summed E-state index contributed by atoms with van der Waals surface area (Å²) >= 11 is 0. The van der Waals surface area contributed by atoms with Gasteiger partial charge in [-0.1, -0.05) is 48.5 Å². The number of pyridine rings is 1. The standard InChI is InChI=1S/C25H22N2O2/c1-19-23(20-8-3-2-4-9-20)11-7-12-24(19)27-15-13-25(21(16-27)17-28)29-18-22-10-5-6-14-26-22/h2-14,16-17H,15,18H2,1H3. The first kappa shape index (κ1) is 18.7. The van der Waals surface area contributed by atoms with Crippen LogP contribution in [0.4, 0.5) is 5.69 Å². The summed E-state index contributed by atoms with van der Waals surface area (Å²) in [7, 11) is 0. The van der Waals surface area contributed by atoms with Crippen molar-refractivity contribution in [2.24, 2.45) is 0 Å². The predicted molar refractivity (Wildman–Crippen MR) is 115 cm³/mol. The van der Waals surface area contributed by atoms with Crippen LogP contribution in [0.3, 0.4) is 0 Å². The number of allylic oxidation sites excluding steroid dienone is 1. The Kier molecular flexibility index (Phi) is 5.52. The molecule has 0 bridgehead atoms. The van der Waals surface area contributed by atoms with Gasteiger partial charge < -0.3 is 9.64 Å². The zero-order valence-electron chi connectivity index (χ0n) is 16.3. The fraction of sp³-hybridized carbons (Fsp3) is 0.120. The molecule has 0 unspecified atom stereocenters. The summed E-state index contributed by atoms with van der Waals surface area (Å²) in [6.07, 6.45) is 6.38. The normalized spacial score (nSPS) is 13.5.